The summed E-state index contributed by atoms with van der Waals surface area (Å²) >= 11 is 0. The van der Waals surface area contributed by atoms with Crippen LogP contribution in [0.3, 0.4) is 0 Å². The third-order valence-electron chi connectivity index (χ3n) is 1.33. The largest absolute Gasteiger partial charge is 0.0882 e. The Balaban J connectivity index is 3.25. The summed E-state index contributed by atoms with van der Waals surface area (Å²) in [5, 5.41) is 0. The first-order chi connectivity index (χ1) is 5.41. The van der Waals surface area contributed by atoms with Gasteiger partial charge in [-0.15, -0.1) is 0 Å². The fraction of sp³-hybridized carbons (Fsp3) is 0.455. The third-order valence-corrected chi connectivity index (χ3v) is 1.33. The predicted molar refractivity (Wildman–Crippen MR) is 52.6 cm³/mol. The number of hydrogen-bond acceptors (Lipinski definition) is 0. The van der Waals surface area contributed by atoms with Crippen molar-refractivity contribution in [2.24, 2.45) is 0 Å². The minimum Gasteiger partial charge on any atom is -0.0882 e. The van der Waals surface area contributed by atoms with Crippen molar-refractivity contribution in [2.75, 3.05) is 0 Å². The predicted octanol–water partition coefficient (Wildman–Crippen LogP) is 3.87. The maximum atomic E-state index is 2.24. The van der Waals surface area contributed by atoms with Crippen LogP contribution in [0.1, 0.15) is 33.1 Å². The van der Waals surface area contributed by atoms with Gasteiger partial charge in [-0.2, -0.15) is 0 Å². The van der Waals surface area contributed by atoms with Crippen LogP contribution in [0.5, 0.6) is 0 Å². The standard InChI is InChI=1S/C11H18/c1-3-5-7-9-11-10-8-6-4-2/h3,5,7-10H,4,6,11H2,1-2H3. The Kier molecular flexibility index (Phi) is 8.57. The van der Waals surface area contributed by atoms with Crippen molar-refractivity contribution < 1.29 is 0 Å². The lowest BCUT2D eigenvalue weighted by Crippen LogP contribution is -1.61. The summed E-state index contributed by atoms with van der Waals surface area (Å²) in [5.41, 5.74) is 0. The summed E-state index contributed by atoms with van der Waals surface area (Å²) in [6.07, 6.45) is 16.3. The average Bonchev–Trinajstić information content (AvgIpc) is 2.03. The summed E-state index contributed by atoms with van der Waals surface area (Å²) < 4.78 is 0. The summed E-state index contributed by atoms with van der Waals surface area (Å²) in [6, 6.07) is 0. The van der Waals surface area contributed by atoms with Crippen LogP contribution in [0.15, 0.2) is 36.5 Å². The lowest BCUT2D eigenvalue weighted by molar-refractivity contribution is 0.954. The summed E-state index contributed by atoms with van der Waals surface area (Å²) in [5.74, 6) is 0. The molecule has 0 aromatic carbocycles. The van der Waals surface area contributed by atoms with E-state index in [1.165, 1.54) is 12.8 Å². The van der Waals surface area contributed by atoms with E-state index in [1.54, 1.807) is 0 Å². The van der Waals surface area contributed by atoms with Crippen molar-refractivity contribution in [3.63, 3.8) is 0 Å². The highest BCUT2D eigenvalue weighted by atomic mass is 13.8. The Hall–Kier alpha value is -0.780. The van der Waals surface area contributed by atoms with E-state index in [1.807, 2.05) is 19.1 Å². The van der Waals surface area contributed by atoms with Gasteiger partial charge in [0.2, 0.25) is 0 Å². The maximum Gasteiger partial charge on any atom is -0.0166 e. The monoisotopic (exact) mass is 150 g/mol. The molecule has 0 bridgehead atoms. The highest BCUT2D eigenvalue weighted by molar-refractivity contribution is 5.03. The molecule has 0 N–H and O–H groups in total. The van der Waals surface area contributed by atoms with Crippen LogP contribution in [-0.4, -0.2) is 0 Å². The fourth-order valence-electron chi connectivity index (χ4n) is 0.728. The zero-order valence-corrected chi connectivity index (χ0v) is 7.59. The molecular formula is C11H18. The Labute approximate surface area is 70.3 Å². The lowest BCUT2D eigenvalue weighted by Gasteiger charge is -1.82. The van der Waals surface area contributed by atoms with E-state index in [2.05, 4.69) is 31.2 Å². The molecule has 0 aromatic rings. The molecule has 0 heterocycles. The average molecular weight is 150 g/mol. The van der Waals surface area contributed by atoms with Crippen LogP contribution >= 0.6 is 0 Å². The van der Waals surface area contributed by atoms with Gasteiger partial charge in [-0.05, 0) is 19.8 Å². The van der Waals surface area contributed by atoms with Gasteiger partial charge >= 0.3 is 0 Å². The molecule has 0 aliphatic rings. The normalized spacial score (nSPS) is 12.5. The van der Waals surface area contributed by atoms with E-state index in [0.29, 0.717) is 0 Å². The van der Waals surface area contributed by atoms with E-state index in [0.717, 1.165) is 6.42 Å². The van der Waals surface area contributed by atoms with Crippen LogP contribution in [0.25, 0.3) is 0 Å². The second-order valence-electron chi connectivity index (χ2n) is 2.45. The Morgan fingerprint density at radius 2 is 1.82 bits per heavy atom. The number of unbranched alkanes of at least 4 members (excludes halogenated alkanes) is 1. The molecule has 0 unspecified atom stereocenters. The van der Waals surface area contributed by atoms with E-state index in [4.69, 9.17) is 0 Å². The van der Waals surface area contributed by atoms with Gasteiger partial charge in [-0.1, -0.05) is 49.8 Å². The van der Waals surface area contributed by atoms with Gasteiger partial charge in [0.25, 0.3) is 0 Å². The maximum absolute atomic E-state index is 2.24. The molecule has 0 heteroatoms. The molecule has 0 spiro atoms. The van der Waals surface area contributed by atoms with Gasteiger partial charge in [-0.3, -0.25) is 0 Å². The summed E-state index contributed by atoms with van der Waals surface area (Å²) in [6.45, 7) is 4.22. The van der Waals surface area contributed by atoms with Crippen LogP contribution in [-0.2, 0) is 0 Å². The zero-order chi connectivity index (χ0) is 8.36. The molecule has 62 valence electrons. The molecule has 0 amide bonds. The Bertz CT molecular complexity index is 138. The highest BCUT2D eigenvalue weighted by Crippen LogP contribution is 1.92. The summed E-state index contributed by atoms with van der Waals surface area (Å²) in [4.78, 5) is 0. The number of hydrogen-bond donors (Lipinski definition) is 0. The van der Waals surface area contributed by atoms with Crippen molar-refractivity contribution in [1.82, 2.24) is 0 Å². The van der Waals surface area contributed by atoms with E-state index < -0.39 is 0 Å². The second kappa shape index (κ2) is 9.22. The summed E-state index contributed by atoms with van der Waals surface area (Å²) in [7, 11) is 0. The molecule has 0 atom stereocenters. The molecule has 0 radical (unpaired) electrons. The molecule has 0 saturated carbocycles. The zero-order valence-electron chi connectivity index (χ0n) is 7.59. The molecule has 0 aromatic heterocycles. The Morgan fingerprint density at radius 3 is 2.45 bits per heavy atom. The minimum absolute atomic E-state index is 1.06. The number of allylic oxidation sites excluding steroid dienone is 6. The van der Waals surface area contributed by atoms with Crippen molar-refractivity contribution in [3.05, 3.63) is 36.5 Å². The number of rotatable bonds is 5. The lowest BCUT2D eigenvalue weighted by atomic mass is 10.3. The molecule has 0 rings (SSSR count). The van der Waals surface area contributed by atoms with Crippen molar-refractivity contribution in [1.29, 1.82) is 0 Å². The van der Waals surface area contributed by atoms with Crippen LogP contribution in [0.2, 0.25) is 0 Å². The molecule has 0 aliphatic carbocycles. The topological polar surface area (TPSA) is 0 Å². The van der Waals surface area contributed by atoms with Gasteiger partial charge in [0.1, 0.15) is 0 Å². The SMILES string of the molecule is CC=CC=CCC=CCCC. The molecular weight excluding hydrogens is 132 g/mol. The van der Waals surface area contributed by atoms with Crippen LogP contribution < -0.4 is 0 Å². The second-order valence-corrected chi connectivity index (χ2v) is 2.45. The molecule has 11 heavy (non-hydrogen) atoms. The van der Waals surface area contributed by atoms with Crippen molar-refractivity contribution in [2.45, 2.75) is 33.1 Å². The van der Waals surface area contributed by atoms with Gasteiger partial charge in [0, 0.05) is 0 Å². The third kappa shape index (κ3) is 9.22. The van der Waals surface area contributed by atoms with Crippen LogP contribution in [0.4, 0.5) is 0 Å². The van der Waals surface area contributed by atoms with Gasteiger partial charge in [0.05, 0.1) is 0 Å². The Morgan fingerprint density at radius 1 is 1.00 bits per heavy atom. The quantitative estimate of drug-likeness (QED) is 0.412. The molecule has 0 nitrogen and oxygen atoms in total. The first-order valence-corrected chi connectivity index (χ1v) is 4.34. The molecule has 0 saturated heterocycles. The van der Waals surface area contributed by atoms with Gasteiger partial charge < -0.3 is 0 Å². The smallest absolute Gasteiger partial charge is 0.0166 e. The van der Waals surface area contributed by atoms with E-state index in [9.17, 15) is 0 Å². The highest BCUT2D eigenvalue weighted by Gasteiger charge is 1.71. The first kappa shape index (κ1) is 10.2. The fourth-order valence-corrected chi connectivity index (χ4v) is 0.728. The first-order valence-electron chi connectivity index (χ1n) is 4.34. The molecule has 0 fully saturated rings. The van der Waals surface area contributed by atoms with Gasteiger partial charge in [0.15, 0.2) is 0 Å². The van der Waals surface area contributed by atoms with E-state index in [-0.39, 0.29) is 0 Å². The molecule has 0 aliphatic heterocycles. The van der Waals surface area contributed by atoms with Gasteiger partial charge in [-0.25, -0.2) is 0 Å². The minimum atomic E-state index is 1.06. The van der Waals surface area contributed by atoms with E-state index >= 15 is 0 Å². The van der Waals surface area contributed by atoms with Crippen molar-refractivity contribution in [3.8, 4) is 0 Å². The van der Waals surface area contributed by atoms with Crippen LogP contribution in [0, 0.1) is 0 Å². The van der Waals surface area contributed by atoms with Crippen molar-refractivity contribution >= 4 is 0 Å².